The van der Waals surface area contributed by atoms with Crippen LogP contribution in [-0.2, 0) is 0 Å². The average Bonchev–Trinajstić information content (AvgIpc) is 2.68. The minimum atomic E-state index is -0.787. The minimum absolute atomic E-state index is 0.787. The summed E-state index contributed by atoms with van der Waals surface area (Å²) in [5.41, 5.74) is 2.03. The number of fused-ring (bicyclic) bond motifs is 1. The lowest BCUT2D eigenvalue weighted by molar-refractivity contribution is 1.13. The van der Waals surface area contributed by atoms with Crippen LogP contribution in [0.1, 0.15) is 12.3 Å². The fraction of sp³-hybridized carbons (Fsp3) is 0.0769. The summed E-state index contributed by atoms with van der Waals surface area (Å²) in [5.74, 6) is 0. The highest BCUT2D eigenvalue weighted by atomic mass is 32.2. The van der Waals surface area contributed by atoms with Crippen molar-refractivity contribution in [1.29, 1.82) is 0 Å². The van der Waals surface area contributed by atoms with Crippen LogP contribution in [0.3, 0.4) is 0 Å². The van der Waals surface area contributed by atoms with E-state index in [0.717, 1.165) is 16.1 Å². The summed E-state index contributed by atoms with van der Waals surface area (Å²) >= 11 is 1.55. The zero-order chi connectivity index (χ0) is 11.0. The number of nitrogens with one attached hydrogen (secondary N) is 1. The van der Waals surface area contributed by atoms with Gasteiger partial charge in [-0.1, -0.05) is 54.2 Å². The van der Waals surface area contributed by atoms with E-state index in [4.69, 9.17) is 1.37 Å². The molecular formula is C13H11NS. The summed E-state index contributed by atoms with van der Waals surface area (Å²) in [6.45, 7) is 0. The largest absolute Gasteiger partial charge is 0.368 e. The van der Waals surface area contributed by atoms with Gasteiger partial charge in [0.2, 0.25) is 0 Å². The average molecular weight is 214 g/mol. The normalized spacial score (nSPS) is 24.1. The van der Waals surface area contributed by atoms with E-state index >= 15 is 0 Å². The molecule has 2 aromatic rings. The molecule has 1 unspecified atom stereocenters. The van der Waals surface area contributed by atoms with Crippen molar-refractivity contribution in [2.75, 3.05) is 5.32 Å². The standard InChI is InChI=1S/C13H11NS/c1-2-6-10(7-3-1)13-14-11-8-4-5-9-12(11)15-13/h1-9,13-14H/i13D. The van der Waals surface area contributed by atoms with Crippen LogP contribution in [-0.4, -0.2) is 0 Å². The van der Waals surface area contributed by atoms with Gasteiger partial charge < -0.3 is 5.32 Å². The van der Waals surface area contributed by atoms with Gasteiger partial charge in [0, 0.05) is 10.6 Å². The number of para-hydroxylation sites is 1. The Labute approximate surface area is 94.9 Å². The lowest BCUT2D eigenvalue weighted by Gasteiger charge is -2.09. The van der Waals surface area contributed by atoms with Crippen LogP contribution in [0.25, 0.3) is 0 Å². The third kappa shape index (κ3) is 1.61. The smallest absolute Gasteiger partial charge is 0.103 e. The van der Waals surface area contributed by atoms with Crippen LogP contribution >= 0.6 is 11.8 Å². The fourth-order valence-electron chi connectivity index (χ4n) is 1.64. The molecule has 1 heterocycles. The second-order valence-corrected chi connectivity index (χ2v) is 4.47. The summed E-state index contributed by atoms with van der Waals surface area (Å²) in [7, 11) is 0. The topological polar surface area (TPSA) is 12.0 Å². The van der Waals surface area contributed by atoms with Gasteiger partial charge in [0.15, 0.2) is 0 Å². The Morgan fingerprint density at radius 3 is 2.53 bits per heavy atom. The van der Waals surface area contributed by atoms with E-state index < -0.39 is 5.35 Å². The van der Waals surface area contributed by atoms with Crippen molar-refractivity contribution in [3.05, 3.63) is 60.2 Å². The van der Waals surface area contributed by atoms with Crippen molar-refractivity contribution < 1.29 is 1.37 Å². The molecule has 0 radical (unpaired) electrons. The van der Waals surface area contributed by atoms with E-state index in [9.17, 15) is 0 Å². The van der Waals surface area contributed by atoms with Crippen molar-refractivity contribution in [3.8, 4) is 0 Å². The summed E-state index contributed by atoms with van der Waals surface area (Å²) in [5, 5.41) is 2.47. The van der Waals surface area contributed by atoms with Crippen LogP contribution in [0.15, 0.2) is 59.5 Å². The van der Waals surface area contributed by atoms with E-state index in [2.05, 4.69) is 5.32 Å². The van der Waals surface area contributed by atoms with Crippen LogP contribution in [0.4, 0.5) is 5.69 Å². The Morgan fingerprint density at radius 2 is 1.73 bits per heavy atom. The zero-order valence-electron chi connectivity index (χ0n) is 9.10. The van der Waals surface area contributed by atoms with Gasteiger partial charge >= 0.3 is 0 Å². The summed E-state index contributed by atoms with van der Waals surface area (Å²) in [4.78, 5) is 1.14. The summed E-state index contributed by atoms with van der Waals surface area (Å²) in [6.07, 6.45) is 0. The van der Waals surface area contributed by atoms with Crippen LogP contribution in [0, 0.1) is 0 Å². The van der Waals surface area contributed by atoms with Crippen molar-refractivity contribution in [2.45, 2.75) is 10.2 Å². The highest BCUT2D eigenvalue weighted by Gasteiger charge is 2.21. The zero-order valence-corrected chi connectivity index (χ0v) is 8.92. The maximum absolute atomic E-state index is 8.46. The first-order chi connectivity index (χ1) is 7.78. The number of anilines is 1. The molecule has 3 rings (SSSR count). The Kier molecular flexibility index (Phi) is 1.89. The second kappa shape index (κ2) is 3.63. The van der Waals surface area contributed by atoms with Gasteiger partial charge in [0.25, 0.3) is 0 Å². The van der Waals surface area contributed by atoms with E-state index in [0.29, 0.717) is 0 Å². The van der Waals surface area contributed by atoms with Gasteiger partial charge in [-0.3, -0.25) is 0 Å². The molecule has 0 spiro atoms. The molecule has 0 aliphatic carbocycles. The number of rotatable bonds is 1. The maximum atomic E-state index is 8.46. The molecule has 1 atom stereocenters. The van der Waals surface area contributed by atoms with E-state index in [1.54, 1.807) is 11.8 Å². The van der Waals surface area contributed by atoms with Crippen LogP contribution < -0.4 is 5.32 Å². The molecule has 2 heteroatoms. The molecule has 1 aliphatic rings. The number of hydrogen-bond donors (Lipinski definition) is 1. The lowest BCUT2D eigenvalue weighted by Crippen LogP contribution is -2.00. The molecule has 1 nitrogen and oxygen atoms in total. The molecule has 0 amide bonds. The third-order valence-corrected chi connectivity index (χ3v) is 3.50. The van der Waals surface area contributed by atoms with E-state index in [1.807, 2.05) is 54.6 Å². The highest BCUT2D eigenvalue weighted by Crippen LogP contribution is 2.45. The number of hydrogen-bond acceptors (Lipinski definition) is 2. The molecular weight excluding hydrogens is 202 g/mol. The van der Waals surface area contributed by atoms with Gasteiger partial charge in [0.1, 0.15) is 5.35 Å². The van der Waals surface area contributed by atoms with E-state index in [1.165, 1.54) is 0 Å². The van der Waals surface area contributed by atoms with Crippen LogP contribution in [0.2, 0.25) is 0 Å². The molecule has 0 aromatic heterocycles. The van der Waals surface area contributed by atoms with E-state index in [-0.39, 0.29) is 0 Å². The SMILES string of the molecule is [2H]C1(c2ccccc2)Nc2ccccc2S1. The van der Waals surface area contributed by atoms with Gasteiger partial charge in [-0.15, -0.1) is 0 Å². The molecule has 15 heavy (non-hydrogen) atoms. The molecule has 2 aromatic carbocycles. The van der Waals surface area contributed by atoms with Crippen LogP contribution in [0.5, 0.6) is 0 Å². The summed E-state index contributed by atoms with van der Waals surface area (Å²) < 4.78 is 8.46. The summed E-state index contributed by atoms with van der Waals surface area (Å²) in [6, 6.07) is 17.9. The predicted molar refractivity (Wildman–Crippen MR) is 65.1 cm³/mol. The quantitative estimate of drug-likeness (QED) is 0.772. The maximum Gasteiger partial charge on any atom is 0.103 e. The van der Waals surface area contributed by atoms with Crippen molar-refractivity contribution in [3.63, 3.8) is 0 Å². The molecule has 1 aliphatic heterocycles. The molecule has 1 N–H and O–H groups in total. The van der Waals surface area contributed by atoms with Gasteiger partial charge in [0.05, 0.1) is 1.37 Å². The monoisotopic (exact) mass is 214 g/mol. The molecule has 0 fully saturated rings. The number of thioether (sulfide) groups is 1. The Morgan fingerprint density at radius 1 is 1.00 bits per heavy atom. The molecule has 0 saturated carbocycles. The Bertz CT molecular complexity index is 487. The van der Waals surface area contributed by atoms with Gasteiger partial charge in [-0.25, -0.2) is 0 Å². The van der Waals surface area contributed by atoms with Gasteiger partial charge in [-0.05, 0) is 17.7 Å². The second-order valence-electron chi connectivity index (χ2n) is 3.42. The molecule has 0 bridgehead atoms. The third-order valence-electron chi connectivity index (χ3n) is 2.38. The first-order valence-electron chi connectivity index (χ1n) is 5.40. The van der Waals surface area contributed by atoms with Gasteiger partial charge in [-0.2, -0.15) is 0 Å². The fourth-order valence-corrected chi connectivity index (χ4v) is 2.65. The molecule has 0 saturated heterocycles. The first kappa shape index (κ1) is 7.83. The highest BCUT2D eigenvalue weighted by molar-refractivity contribution is 8.00. The number of benzene rings is 2. The lowest BCUT2D eigenvalue weighted by atomic mass is 10.2. The van der Waals surface area contributed by atoms with Crippen molar-refractivity contribution in [1.82, 2.24) is 0 Å². The molecule has 74 valence electrons. The van der Waals surface area contributed by atoms with Crippen molar-refractivity contribution >= 4 is 17.4 Å². The first-order valence-corrected chi connectivity index (χ1v) is 5.71. The van der Waals surface area contributed by atoms with Crippen molar-refractivity contribution in [2.24, 2.45) is 0 Å². The Balaban J connectivity index is 2.01. The predicted octanol–water partition coefficient (Wildman–Crippen LogP) is 3.90. The Hall–Kier alpha value is -1.41. The minimum Gasteiger partial charge on any atom is -0.368 e.